The van der Waals surface area contributed by atoms with Crippen LogP contribution in [0.4, 0.5) is 0 Å². The van der Waals surface area contributed by atoms with Crippen LogP contribution in [0.15, 0.2) is 0 Å². The van der Waals surface area contributed by atoms with E-state index in [1.807, 2.05) is 0 Å². The zero-order chi connectivity index (χ0) is 12.0. The Morgan fingerprint density at radius 2 is 2.06 bits per heavy atom. The molecule has 0 aliphatic carbocycles. The summed E-state index contributed by atoms with van der Waals surface area (Å²) in [6, 6.07) is 0.0837. The van der Waals surface area contributed by atoms with E-state index < -0.39 is 0 Å². The number of rotatable bonds is 5. The Kier molecular flexibility index (Phi) is 5.77. The number of amides is 1. The van der Waals surface area contributed by atoms with Crippen molar-refractivity contribution in [3.05, 3.63) is 0 Å². The molecule has 4 nitrogen and oxygen atoms in total. The molecule has 16 heavy (non-hydrogen) atoms. The predicted octanol–water partition coefficient (Wildman–Crippen LogP) is 0.936. The molecule has 1 heterocycles. The first-order valence-electron chi connectivity index (χ1n) is 6.14. The summed E-state index contributed by atoms with van der Waals surface area (Å²) in [6.45, 7) is 5.61. The van der Waals surface area contributed by atoms with E-state index >= 15 is 0 Å². The molecular weight excluding hydrogens is 206 g/mol. The van der Waals surface area contributed by atoms with Gasteiger partial charge < -0.3 is 15.2 Å². The lowest BCUT2D eigenvalue weighted by atomic mass is 9.96. The maximum absolute atomic E-state index is 11.9. The molecular formula is C12H23NO3. The van der Waals surface area contributed by atoms with Crippen LogP contribution in [0.5, 0.6) is 0 Å². The molecule has 1 fully saturated rings. The van der Waals surface area contributed by atoms with Crippen molar-refractivity contribution in [1.82, 2.24) is 5.32 Å². The van der Waals surface area contributed by atoms with E-state index in [9.17, 15) is 4.79 Å². The summed E-state index contributed by atoms with van der Waals surface area (Å²) < 4.78 is 5.23. The van der Waals surface area contributed by atoms with E-state index in [0.29, 0.717) is 25.6 Å². The van der Waals surface area contributed by atoms with E-state index in [-0.39, 0.29) is 24.5 Å². The largest absolute Gasteiger partial charge is 0.396 e. The number of nitrogens with one attached hydrogen (secondary N) is 1. The molecule has 0 aromatic heterocycles. The highest BCUT2D eigenvalue weighted by molar-refractivity contribution is 5.79. The van der Waals surface area contributed by atoms with Gasteiger partial charge in [-0.05, 0) is 25.2 Å². The molecule has 1 unspecified atom stereocenters. The van der Waals surface area contributed by atoms with Crippen LogP contribution in [-0.2, 0) is 9.53 Å². The molecule has 1 rings (SSSR count). The van der Waals surface area contributed by atoms with Crippen molar-refractivity contribution >= 4 is 5.91 Å². The molecule has 1 aliphatic heterocycles. The van der Waals surface area contributed by atoms with Crippen molar-refractivity contribution in [3.63, 3.8) is 0 Å². The van der Waals surface area contributed by atoms with Crippen molar-refractivity contribution in [2.45, 2.75) is 39.2 Å². The number of ether oxygens (including phenoxy) is 1. The Bertz CT molecular complexity index is 212. The number of aliphatic hydroxyl groups is 1. The minimum absolute atomic E-state index is 0.0837. The summed E-state index contributed by atoms with van der Waals surface area (Å²) in [7, 11) is 0. The normalized spacial score (nSPS) is 19.8. The smallest absolute Gasteiger partial charge is 0.223 e. The average Bonchev–Trinajstić information content (AvgIpc) is 2.29. The Balaban J connectivity index is 2.40. The van der Waals surface area contributed by atoms with Crippen LogP contribution >= 0.6 is 0 Å². The average molecular weight is 229 g/mol. The molecule has 1 aliphatic rings. The topological polar surface area (TPSA) is 58.6 Å². The quantitative estimate of drug-likeness (QED) is 0.737. The summed E-state index contributed by atoms with van der Waals surface area (Å²) in [5, 5.41) is 12.0. The van der Waals surface area contributed by atoms with Crippen LogP contribution in [0.1, 0.15) is 33.1 Å². The highest BCUT2D eigenvalue weighted by Gasteiger charge is 2.24. The summed E-state index contributed by atoms with van der Waals surface area (Å²) in [4.78, 5) is 11.9. The van der Waals surface area contributed by atoms with Crippen LogP contribution in [0.25, 0.3) is 0 Å². The molecule has 4 heteroatoms. The van der Waals surface area contributed by atoms with E-state index in [1.54, 1.807) is 0 Å². The summed E-state index contributed by atoms with van der Waals surface area (Å²) in [5.74, 6) is 0.570. The Labute approximate surface area is 97.4 Å². The lowest BCUT2D eigenvalue weighted by Gasteiger charge is -2.26. The fourth-order valence-corrected chi connectivity index (χ4v) is 1.97. The number of carbonyl (C=O) groups excluding carboxylic acids is 1. The third kappa shape index (κ3) is 4.10. The van der Waals surface area contributed by atoms with Crippen LogP contribution in [0.3, 0.4) is 0 Å². The van der Waals surface area contributed by atoms with Crippen molar-refractivity contribution in [2.75, 3.05) is 19.8 Å². The van der Waals surface area contributed by atoms with Gasteiger partial charge in [-0.2, -0.15) is 0 Å². The second-order valence-corrected chi connectivity index (χ2v) is 4.76. The van der Waals surface area contributed by atoms with Crippen LogP contribution in [0.2, 0.25) is 0 Å². The second kappa shape index (κ2) is 6.86. The van der Waals surface area contributed by atoms with Gasteiger partial charge in [0, 0.05) is 31.8 Å². The van der Waals surface area contributed by atoms with Gasteiger partial charge in [-0.25, -0.2) is 0 Å². The Morgan fingerprint density at radius 3 is 2.56 bits per heavy atom. The van der Waals surface area contributed by atoms with Gasteiger partial charge in [-0.3, -0.25) is 4.79 Å². The van der Waals surface area contributed by atoms with Gasteiger partial charge in [-0.1, -0.05) is 13.8 Å². The molecule has 0 aromatic rings. The zero-order valence-corrected chi connectivity index (χ0v) is 10.2. The third-order valence-corrected chi connectivity index (χ3v) is 3.16. The minimum Gasteiger partial charge on any atom is -0.396 e. The van der Waals surface area contributed by atoms with Gasteiger partial charge in [0.1, 0.15) is 0 Å². The number of hydrogen-bond donors (Lipinski definition) is 2. The molecule has 0 saturated carbocycles. The third-order valence-electron chi connectivity index (χ3n) is 3.16. The van der Waals surface area contributed by atoms with E-state index in [1.165, 1.54) is 0 Å². The minimum atomic E-state index is 0.0837. The Morgan fingerprint density at radius 1 is 1.44 bits per heavy atom. The first-order chi connectivity index (χ1) is 7.65. The summed E-state index contributed by atoms with van der Waals surface area (Å²) in [5.41, 5.74) is 0. The van der Waals surface area contributed by atoms with Gasteiger partial charge >= 0.3 is 0 Å². The molecule has 0 aromatic carbocycles. The van der Waals surface area contributed by atoms with Crippen LogP contribution in [0, 0.1) is 11.8 Å². The first-order valence-corrected chi connectivity index (χ1v) is 6.14. The maximum atomic E-state index is 11.9. The van der Waals surface area contributed by atoms with Crippen molar-refractivity contribution in [1.29, 1.82) is 0 Å². The summed E-state index contributed by atoms with van der Waals surface area (Å²) >= 11 is 0. The van der Waals surface area contributed by atoms with Crippen LogP contribution in [-0.4, -0.2) is 36.9 Å². The van der Waals surface area contributed by atoms with Gasteiger partial charge in [0.2, 0.25) is 5.91 Å². The lowest BCUT2D eigenvalue weighted by molar-refractivity contribution is -0.129. The number of aliphatic hydroxyl groups excluding tert-OH is 1. The van der Waals surface area contributed by atoms with E-state index in [4.69, 9.17) is 9.84 Å². The first kappa shape index (κ1) is 13.5. The maximum Gasteiger partial charge on any atom is 0.223 e. The number of carbonyl (C=O) groups is 1. The Hall–Kier alpha value is -0.610. The zero-order valence-electron chi connectivity index (χ0n) is 10.2. The standard InChI is InChI=1S/C12H23NO3/c1-9(2)11(3-6-14)13-12(15)10-4-7-16-8-5-10/h9-11,14H,3-8H2,1-2H3,(H,13,15). The lowest BCUT2D eigenvalue weighted by Crippen LogP contribution is -2.43. The second-order valence-electron chi connectivity index (χ2n) is 4.76. The van der Waals surface area contributed by atoms with Crippen LogP contribution < -0.4 is 5.32 Å². The summed E-state index contributed by atoms with van der Waals surface area (Å²) in [6.07, 6.45) is 2.26. The molecule has 1 amide bonds. The van der Waals surface area contributed by atoms with E-state index in [0.717, 1.165) is 12.8 Å². The highest BCUT2D eigenvalue weighted by atomic mass is 16.5. The van der Waals surface area contributed by atoms with E-state index in [2.05, 4.69) is 19.2 Å². The fraction of sp³-hybridized carbons (Fsp3) is 0.917. The molecule has 1 saturated heterocycles. The molecule has 0 bridgehead atoms. The van der Waals surface area contributed by atoms with Gasteiger partial charge in [0.05, 0.1) is 0 Å². The SMILES string of the molecule is CC(C)C(CCO)NC(=O)C1CCOCC1. The molecule has 94 valence electrons. The molecule has 1 atom stereocenters. The van der Waals surface area contributed by atoms with Gasteiger partial charge in [0.25, 0.3) is 0 Å². The molecule has 0 radical (unpaired) electrons. The van der Waals surface area contributed by atoms with Crippen molar-refractivity contribution in [3.8, 4) is 0 Å². The number of hydrogen-bond acceptors (Lipinski definition) is 3. The molecule has 0 spiro atoms. The molecule has 2 N–H and O–H groups in total. The fourth-order valence-electron chi connectivity index (χ4n) is 1.97. The monoisotopic (exact) mass is 229 g/mol. The highest BCUT2D eigenvalue weighted by Crippen LogP contribution is 2.16. The van der Waals surface area contributed by atoms with Gasteiger partial charge in [0.15, 0.2) is 0 Å². The van der Waals surface area contributed by atoms with Gasteiger partial charge in [-0.15, -0.1) is 0 Å². The predicted molar refractivity (Wildman–Crippen MR) is 62.0 cm³/mol. The van der Waals surface area contributed by atoms with Crippen molar-refractivity contribution in [2.24, 2.45) is 11.8 Å². The van der Waals surface area contributed by atoms with Crippen molar-refractivity contribution < 1.29 is 14.6 Å².